The van der Waals surface area contributed by atoms with Gasteiger partial charge in [0.15, 0.2) is 0 Å². The lowest BCUT2D eigenvalue weighted by atomic mass is 9.73. The number of nitrogens with one attached hydrogen (secondary N) is 1. The van der Waals surface area contributed by atoms with Crippen LogP contribution in [-0.2, 0) is 0 Å². The van der Waals surface area contributed by atoms with E-state index in [9.17, 15) is 0 Å². The molecule has 0 aromatic rings. The van der Waals surface area contributed by atoms with Crippen molar-refractivity contribution >= 4 is 0 Å². The topological polar surface area (TPSA) is 15.3 Å². The summed E-state index contributed by atoms with van der Waals surface area (Å²) in [5.74, 6) is 2.71. The Morgan fingerprint density at radius 2 is 2.00 bits per heavy atom. The molecular weight excluding hydrogens is 220 g/mol. The molecule has 0 amide bonds. The van der Waals surface area contributed by atoms with E-state index < -0.39 is 0 Å². The number of likely N-dealkylation sites (N-methyl/N-ethyl adjacent to an activating group) is 1. The van der Waals surface area contributed by atoms with Crippen LogP contribution in [0.1, 0.15) is 52.9 Å². The van der Waals surface area contributed by atoms with Crippen LogP contribution in [0.5, 0.6) is 0 Å². The summed E-state index contributed by atoms with van der Waals surface area (Å²) >= 11 is 0. The highest BCUT2D eigenvalue weighted by molar-refractivity contribution is 4.93. The zero-order chi connectivity index (χ0) is 13.1. The Morgan fingerprint density at radius 3 is 2.67 bits per heavy atom. The zero-order valence-corrected chi connectivity index (χ0v) is 12.8. The van der Waals surface area contributed by atoms with Crippen molar-refractivity contribution < 1.29 is 0 Å². The first-order valence-corrected chi connectivity index (χ1v) is 8.03. The standard InChI is InChI=1S/C16H32N2/c1-12(2)15-8-7-13(3)10-16(15)18-9-5-6-14(18)11-17-4/h12-17H,5-11H2,1-4H3. The summed E-state index contributed by atoms with van der Waals surface area (Å²) in [4.78, 5) is 2.86. The summed E-state index contributed by atoms with van der Waals surface area (Å²) in [6, 6.07) is 1.65. The van der Waals surface area contributed by atoms with Crippen LogP contribution >= 0.6 is 0 Å². The summed E-state index contributed by atoms with van der Waals surface area (Å²) in [6.07, 6.45) is 7.14. The van der Waals surface area contributed by atoms with E-state index in [-0.39, 0.29) is 0 Å². The molecule has 1 aliphatic heterocycles. The first-order valence-electron chi connectivity index (χ1n) is 8.03. The summed E-state index contributed by atoms with van der Waals surface area (Å²) < 4.78 is 0. The predicted octanol–water partition coefficient (Wildman–Crippen LogP) is 3.13. The van der Waals surface area contributed by atoms with Gasteiger partial charge in [-0.1, -0.05) is 27.2 Å². The molecular formula is C16H32N2. The van der Waals surface area contributed by atoms with Crippen molar-refractivity contribution in [2.75, 3.05) is 20.1 Å². The van der Waals surface area contributed by atoms with Gasteiger partial charge in [-0.15, -0.1) is 0 Å². The van der Waals surface area contributed by atoms with Gasteiger partial charge < -0.3 is 5.32 Å². The Hall–Kier alpha value is -0.0800. The van der Waals surface area contributed by atoms with Gasteiger partial charge in [-0.2, -0.15) is 0 Å². The van der Waals surface area contributed by atoms with Gasteiger partial charge in [0.05, 0.1) is 0 Å². The maximum atomic E-state index is 3.39. The van der Waals surface area contributed by atoms with Crippen molar-refractivity contribution in [1.82, 2.24) is 10.2 Å². The lowest BCUT2D eigenvalue weighted by Crippen LogP contribution is -2.50. The van der Waals surface area contributed by atoms with E-state index in [2.05, 4.69) is 38.0 Å². The van der Waals surface area contributed by atoms with E-state index in [0.717, 1.165) is 29.8 Å². The molecule has 0 radical (unpaired) electrons. The molecule has 1 N–H and O–H groups in total. The second kappa shape index (κ2) is 6.38. The third-order valence-electron chi connectivity index (χ3n) is 5.28. The molecule has 18 heavy (non-hydrogen) atoms. The zero-order valence-electron chi connectivity index (χ0n) is 12.8. The van der Waals surface area contributed by atoms with Gasteiger partial charge >= 0.3 is 0 Å². The van der Waals surface area contributed by atoms with Crippen LogP contribution in [0, 0.1) is 17.8 Å². The number of rotatable bonds is 4. The van der Waals surface area contributed by atoms with Crippen LogP contribution in [-0.4, -0.2) is 37.1 Å². The second-order valence-corrected chi connectivity index (χ2v) is 6.98. The van der Waals surface area contributed by atoms with E-state index in [0.29, 0.717) is 0 Å². The van der Waals surface area contributed by atoms with Crippen molar-refractivity contribution in [3.63, 3.8) is 0 Å². The van der Waals surface area contributed by atoms with E-state index in [4.69, 9.17) is 0 Å². The summed E-state index contributed by atoms with van der Waals surface area (Å²) in [5, 5.41) is 3.39. The van der Waals surface area contributed by atoms with E-state index in [1.165, 1.54) is 45.2 Å². The molecule has 106 valence electrons. The Morgan fingerprint density at radius 1 is 1.22 bits per heavy atom. The maximum absolute atomic E-state index is 3.39. The van der Waals surface area contributed by atoms with Crippen molar-refractivity contribution in [3.8, 4) is 0 Å². The van der Waals surface area contributed by atoms with Gasteiger partial charge in [0, 0.05) is 18.6 Å². The quantitative estimate of drug-likeness (QED) is 0.827. The molecule has 1 aliphatic carbocycles. The molecule has 2 aliphatic rings. The maximum Gasteiger partial charge on any atom is 0.0224 e. The largest absolute Gasteiger partial charge is 0.318 e. The third kappa shape index (κ3) is 3.08. The number of hydrogen-bond acceptors (Lipinski definition) is 2. The molecule has 1 saturated carbocycles. The molecule has 1 heterocycles. The highest BCUT2D eigenvalue weighted by Gasteiger charge is 2.38. The first-order chi connectivity index (χ1) is 8.63. The molecule has 0 spiro atoms. The minimum absolute atomic E-state index is 0.798. The number of hydrogen-bond donors (Lipinski definition) is 1. The fourth-order valence-corrected chi connectivity index (χ4v) is 4.28. The summed E-state index contributed by atoms with van der Waals surface area (Å²) in [7, 11) is 2.10. The Balaban J connectivity index is 2.06. The number of nitrogens with zero attached hydrogens (tertiary/aromatic N) is 1. The van der Waals surface area contributed by atoms with Crippen molar-refractivity contribution in [2.45, 2.75) is 65.0 Å². The third-order valence-corrected chi connectivity index (χ3v) is 5.28. The Kier molecular flexibility index (Phi) is 5.08. The molecule has 2 rings (SSSR count). The molecule has 4 unspecified atom stereocenters. The van der Waals surface area contributed by atoms with Crippen LogP contribution in [0.3, 0.4) is 0 Å². The highest BCUT2D eigenvalue weighted by atomic mass is 15.2. The smallest absolute Gasteiger partial charge is 0.0224 e. The SMILES string of the molecule is CNCC1CCCN1C1CC(C)CCC1C(C)C. The molecule has 4 atom stereocenters. The fraction of sp³-hybridized carbons (Fsp3) is 1.00. The fourth-order valence-electron chi connectivity index (χ4n) is 4.28. The first kappa shape index (κ1) is 14.3. The van der Waals surface area contributed by atoms with Gasteiger partial charge in [-0.05, 0) is 57.0 Å². The molecule has 1 saturated heterocycles. The summed E-state index contributed by atoms with van der Waals surface area (Å²) in [5.41, 5.74) is 0. The monoisotopic (exact) mass is 252 g/mol. The minimum Gasteiger partial charge on any atom is -0.318 e. The molecule has 2 nitrogen and oxygen atoms in total. The van der Waals surface area contributed by atoms with Gasteiger partial charge in [-0.25, -0.2) is 0 Å². The van der Waals surface area contributed by atoms with Crippen molar-refractivity contribution in [3.05, 3.63) is 0 Å². The van der Waals surface area contributed by atoms with Crippen LogP contribution in [0.15, 0.2) is 0 Å². The molecule has 0 aromatic heterocycles. The van der Waals surface area contributed by atoms with Crippen LogP contribution < -0.4 is 5.32 Å². The average molecular weight is 252 g/mol. The molecule has 2 fully saturated rings. The Labute approximate surface area is 114 Å². The molecule has 0 bridgehead atoms. The van der Waals surface area contributed by atoms with Gasteiger partial charge in [0.1, 0.15) is 0 Å². The lowest BCUT2D eigenvalue weighted by Gasteiger charge is -2.44. The highest BCUT2D eigenvalue weighted by Crippen LogP contribution is 2.38. The van der Waals surface area contributed by atoms with Crippen LogP contribution in [0.2, 0.25) is 0 Å². The minimum atomic E-state index is 0.798. The van der Waals surface area contributed by atoms with Crippen molar-refractivity contribution in [2.24, 2.45) is 17.8 Å². The van der Waals surface area contributed by atoms with Gasteiger partial charge in [0.25, 0.3) is 0 Å². The average Bonchev–Trinajstić information content (AvgIpc) is 2.77. The van der Waals surface area contributed by atoms with Crippen LogP contribution in [0.4, 0.5) is 0 Å². The predicted molar refractivity (Wildman–Crippen MR) is 78.8 cm³/mol. The Bertz CT molecular complexity index is 251. The second-order valence-electron chi connectivity index (χ2n) is 6.98. The van der Waals surface area contributed by atoms with E-state index in [1.807, 2.05) is 0 Å². The van der Waals surface area contributed by atoms with E-state index in [1.54, 1.807) is 0 Å². The van der Waals surface area contributed by atoms with Crippen LogP contribution in [0.25, 0.3) is 0 Å². The lowest BCUT2D eigenvalue weighted by molar-refractivity contribution is 0.0508. The van der Waals surface area contributed by atoms with Crippen molar-refractivity contribution in [1.29, 1.82) is 0 Å². The summed E-state index contributed by atoms with van der Waals surface area (Å²) in [6.45, 7) is 9.82. The van der Waals surface area contributed by atoms with Gasteiger partial charge in [0.2, 0.25) is 0 Å². The van der Waals surface area contributed by atoms with E-state index >= 15 is 0 Å². The molecule has 0 aromatic carbocycles. The normalized spacial score (nSPS) is 38.5. The molecule has 2 heteroatoms. The van der Waals surface area contributed by atoms with Gasteiger partial charge in [-0.3, -0.25) is 4.90 Å². The number of likely N-dealkylation sites (tertiary alicyclic amines) is 1.